The van der Waals surface area contributed by atoms with Crippen molar-refractivity contribution in [1.29, 1.82) is 0 Å². The Morgan fingerprint density at radius 3 is 2.58 bits per heavy atom. The van der Waals surface area contributed by atoms with Gasteiger partial charge < -0.3 is 5.32 Å². The van der Waals surface area contributed by atoms with Gasteiger partial charge in [0.25, 0.3) is 17.5 Å². The lowest BCUT2D eigenvalue weighted by molar-refractivity contribution is -0.385. The normalized spacial score (nSPS) is 10.8. The van der Waals surface area contributed by atoms with E-state index in [1.165, 1.54) is 30.4 Å². The highest BCUT2D eigenvalue weighted by Gasteiger charge is 2.22. The number of anilines is 2. The quantitative estimate of drug-likeness (QED) is 0.341. The van der Waals surface area contributed by atoms with Gasteiger partial charge in [0.2, 0.25) is 10.9 Å². The largest absolute Gasteiger partial charge is 0.326 e. The third-order valence-corrected chi connectivity index (χ3v) is 5.26. The smallest absolute Gasteiger partial charge is 0.283 e. The summed E-state index contributed by atoms with van der Waals surface area (Å²) < 4.78 is 1.56. The Morgan fingerprint density at radius 1 is 1.16 bits per heavy atom. The zero-order valence-electron chi connectivity index (χ0n) is 15.8. The maximum atomic E-state index is 12.6. The molecule has 0 unspecified atom stereocenters. The number of fused-ring (bicyclic) bond motifs is 1. The van der Waals surface area contributed by atoms with Gasteiger partial charge >= 0.3 is 0 Å². The Morgan fingerprint density at radius 2 is 1.90 bits per heavy atom. The van der Waals surface area contributed by atoms with Gasteiger partial charge in [-0.05, 0) is 24.3 Å². The molecule has 10 nitrogen and oxygen atoms in total. The van der Waals surface area contributed by atoms with Gasteiger partial charge in [-0.2, -0.15) is 4.98 Å². The number of halogens is 1. The number of nitro benzene ring substituents is 1. The Bertz CT molecular complexity index is 1330. The second-order valence-electron chi connectivity index (χ2n) is 6.38. The van der Waals surface area contributed by atoms with Crippen LogP contribution in [0.15, 0.2) is 47.8 Å². The van der Waals surface area contributed by atoms with E-state index >= 15 is 0 Å². The summed E-state index contributed by atoms with van der Waals surface area (Å²) in [5.74, 6) is -0.872. The standard InChI is InChI=1S/C19H13ClN6O4S/c1-10(27)21-13-5-2-11(3-6-13)16-9-31-19-23-18(24-25(16)19)22-17(28)14-7-4-12(20)8-15(14)26(29)30/h2-9H,1H3,(H,21,27)(H,22,24,28). The molecule has 0 spiro atoms. The number of hydrogen-bond donors (Lipinski definition) is 2. The van der Waals surface area contributed by atoms with Crippen LogP contribution >= 0.6 is 22.9 Å². The van der Waals surface area contributed by atoms with Crippen LogP contribution in [0.1, 0.15) is 17.3 Å². The highest BCUT2D eigenvalue weighted by molar-refractivity contribution is 7.15. The lowest BCUT2D eigenvalue weighted by atomic mass is 10.1. The summed E-state index contributed by atoms with van der Waals surface area (Å²) in [5.41, 5.74) is 1.67. The minimum absolute atomic E-state index is 0.0113. The first-order valence-corrected chi connectivity index (χ1v) is 10.0. The second-order valence-corrected chi connectivity index (χ2v) is 7.65. The van der Waals surface area contributed by atoms with Crippen molar-refractivity contribution in [3.05, 3.63) is 68.5 Å². The Hall–Kier alpha value is -3.83. The molecule has 156 valence electrons. The second kappa shape index (κ2) is 8.13. The van der Waals surface area contributed by atoms with Crippen LogP contribution in [0.3, 0.4) is 0 Å². The van der Waals surface area contributed by atoms with E-state index < -0.39 is 16.5 Å². The average molecular weight is 457 g/mol. The molecule has 0 aliphatic heterocycles. The third-order valence-electron chi connectivity index (χ3n) is 4.21. The van der Waals surface area contributed by atoms with Crippen LogP contribution in [0.4, 0.5) is 17.3 Å². The van der Waals surface area contributed by atoms with Crippen molar-refractivity contribution < 1.29 is 14.5 Å². The molecule has 2 amide bonds. The van der Waals surface area contributed by atoms with Crippen molar-refractivity contribution in [3.8, 4) is 11.3 Å². The molecular weight excluding hydrogens is 444 g/mol. The molecule has 31 heavy (non-hydrogen) atoms. The fourth-order valence-corrected chi connectivity index (χ4v) is 3.87. The lowest BCUT2D eigenvalue weighted by Crippen LogP contribution is -2.15. The van der Waals surface area contributed by atoms with Crippen molar-refractivity contribution in [2.75, 3.05) is 10.6 Å². The molecule has 2 aromatic heterocycles. The number of carbonyl (C=O) groups is 2. The first-order valence-electron chi connectivity index (χ1n) is 8.79. The van der Waals surface area contributed by atoms with Crippen LogP contribution in [0.25, 0.3) is 16.2 Å². The molecule has 0 bridgehead atoms. The summed E-state index contributed by atoms with van der Waals surface area (Å²) in [6, 6.07) is 11.0. The van der Waals surface area contributed by atoms with Crippen molar-refractivity contribution >= 4 is 57.0 Å². The number of aromatic nitrogens is 3. The molecule has 0 saturated heterocycles. The minimum atomic E-state index is -0.720. The van der Waals surface area contributed by atoms with E-state index in [1.807, 2.05) is 17.5 Å². The zero-order valence-corrected chi connectivity index (χ0v) is 17.4. The number of hydrogen-bond acceptors (Lipinski definition) is 7. The Kier molecular flexibility index (Phi) is 5.36. The van der Waals surface area contributed by atoms with Gasteiger partial charge in [0, 0.05) is 34.6 Å². The van der Waals surface area contributed by atoms with Crippen LogP contribution < -0.4 is 10.6 Å². The van der Waals surface area contributed by atoms with Crippen molar-refractivity contribution in [2.45, 2.75) is 6.92 Å². The molecule has 4 rings (SSSR count). The van der Waals surface area contributed by atoms with Gasteiger partial charge in [-0.3, -0.25) is 25.0 Å². The highest BCUT2D eigenvalue weighted by Crippen LogP contribution is 2.28. The molecule has 2 aromatic carbocycles. The monoisotopic (exact) mass is 456 g/mol. The summed E-state index contributed by atoms with van der Waals surface area (Å²) in [6.07, 6.45) is 0. The fraction of sp³-hybridized carbons (Fsp3) is 0.0526. The van der Waals surface area contributed by atoms with Crippen LogP contribution in [0, 0.1) is 10.1 Å². The van der Waals surface area contributed by atoms with E-state index in [4.69, 9.17) is 11.6 Å². The molecule has 0 saturated carbocycles. The first-order chi connectivity index (χ1) is 14.8. The summed E-state index contributed by atoms with van der Waals surface area (Å²) in [7, 11) is 0. The summed E-state index contributed by atoms with van der Waals surface area (Å²) in [4.78, 5) is 39.0. The molecule has 0 radical (unpaired) electrons. The maximum absolute atomic E-state index is 12.6. The molecule has 0 aliphatic carbocycles. The SMILES string of the molecule is CC(=O)Nc1ccc(-c2csc3nc(NC(=O)c4ccc(Cl)cc4[N+](=O)[O-])nn23)cc1. The molecule has 2 N–H and O–H groups in total. The third kappa shape index (κ3) is 4.22. The van der Waals surface area contributed by atoms with Crippen molar-refractivity contribution in [3.63, 3.8) is 0 Å². The van der Waals surface area contributed by atoms with Crippen LogP contribution in [-0.4, -0.2) is 31.3 Å². The van der Waals surface area contributed by atoms with E-state index in [1.54, 1.807) is 16.6 Å². The maximum Gasteiger partial charge on any atom is 0.283 e. The van der Waals surface area contributed by atoms with Gasteiger partial charge in [0.15, 0.2) is 0 Å². The Balaban J connectivity index is 1.60. The predicted molar refractivity (Wildman–Crippen MR) is 117 cm³/mol. The molecule has 0 fully saturated rings. The number of amides is 2. The predicted octanol–water partition coefficient (Wildman–Crippen LogP) is 4.23. The van der Waals surface area contributed by atoms with Gasteiger partial charge in [-0.1, -0.05) is 23.7 Å². The van der Waals surface area contributed by atoms with Crippen LogP contribution in [0.2, 0.25) is 5.02 Å². The molecule has 0 atom stereocenters. The van der Waals surface area contributed by atoms with E-state index in [0.29, 0.717) is 10.6 Å². The van der Waals surface area contributed by atoms with Gasteiger partial charge in [0.1, 0.15) is 5.56 Å². The summed E-state index contributed by atoms with van der Waals surface area (Å²) >= 11 is 7.11. The van der Waals surface area contributed by atoms with Crippen molar-refractivity contribution in [1.82, 2.24) is 14.6 Å². The van der Waals surface area contributed by atoms with E-state index in [0.717, 1.165) is 17.3 Å². The molecule has 0 aliphatic rings. The summed E-state index contributed by atoms with van der Waals surface area (Å²) in [6.45, 7) is 1.43. The van der Waals surface area contributed by atoms with Crippen LogP contribution in [0.5, 0.6) is 0 Å². The number of benzene rings is 2. The number of nitrogens with zero attached hydrogens (tertiary/aromatic N) is 4. The van der Waals surface area contributed by atoms with Gasteiger partial charge in [0.05, 0.1) is 10.6 Å². The highest BCUT2D eigenvalue weighted by atomic mass is 35.5. The van der Waals surface area contributed by atoms with Gasteiger partial charge in [-0.25, -0.2) is 4.52 Å². The number of rotatable bonds is 5. The van der Waals surface area contributed by atoms with E-state index in [-0.39, 0.29) is 22.4 Å². The molecule has 12 heteroatoms. The zero-order chi connectivity index (χ0) is 22.1. The molecular formula is C19H13ClN6O4S. The number of nitro groups is 1. The number of thiazole rings is 1. The first kappa shape index (κ1) is 20.4. The fourth-order valence-electron chi connectivity index (χ4n) is 2.88. The number of carbonyl (C=O) groups excluding carboxylic acids is 2. The molecule has 4 aromatic rings. The van der Waals surface area contributed by atoms with Gasteiger partial charge in [-0.15, -0.1) is 16.4 Å². The van der Waals surface area contributed by atoms with Crippen LogP contribution in [-0.2, 0) is 4.79 Å². The summed E-state index contributed by atoms with van der Waals surface area (Å²) in [5, 5.41) is 22.7. The number of nitrogens with one attached hydrogen (secondary N) is 2. The average Bonchev–Trinajstić information content (AvgIpc) is 3.28. The molecule has 2 heterocycles. The minimum Gasteiger partial charge on any atom is -0.326 e. The van der Waals surface area contributed by atoms with E-state index in [9.17, 15) is 19.7 Å². The lowest BCUT2D eigenvalue weighted by Gasteiger charge is -2.04. The Labute approximate surface area is 183 Å². The van der Waals surface area contributed by atoms with E-state index in [2.05, 4.69) is 20.7 Å². The van der Waals surface area contributed by atoms with Crippen molar-refractivity contribution in [2.24, 2.45) is 0 Å². The topological polar surface area (TPSA) is 132 Å².